The maximum absolute atomic E-state index is 16.8. The molecule has 6 heterocycles. The summed E-state index contributed by atoms with van der Waals surface area (Å²) in [5.74, 6) is -0.305. The van der Waals surface area contributed by atoms with Crippen molar-refractivity contribution in [3.05, 3.63) is 83.8 Å². The number of pyridine rings is 1. The van der Waals surface area contributed by atoms with Crippen LogP contribution in [0.15, 0.2) is 67.3 Å². The molecule has 3 fully saturated rings. The molecule has 0 bridgehead atoms. The first kappa shape index (κ1) is 33.2. The van der Waals surface area contributed by atoms with Crippen molar-refractivity contribution in [2.75, 3.05) is 39.8 Å². The van der Waals surface area contributed by atoms with Gasteiger partial charge in [-0.25, -0.2) is 23.3 Å². The van der Waals surface area contributed by atoms with Gasteiger partial charge >= 0.3 is 11.8 Å². The maximum atomic E-state index is 16.8. The van der Waals surface area contributed by atoms with E-state index in [1.807, 2.05) is 42.1 Å². The zero-order valence-electron chi connectivity index (χ0n) is 28.1. The molecule has 5 aromatic rings. The highest BCUT2D eigenvalue weighted by Gasteiger charge is 2.49. The van der Waals surface area contributed by atoms with Gasteiger partial charge in [-0.1, -0.05) is 41.9 Å². The van der Waals surface area contributed by atoms with E-state index in [2.05, 4.69) is 24.8 Å². The van der Waals surface area contributed by atoms with Gasteiger partial charge in [0.1, 0.15) is 35.7 Å². The van der Waals surface area contributed by atoms with Crippen LogP contribution in [-0.4, -0.2) is 103 Å². The average Bonchev–Trinajstić information content (AvgIpc) is 3.84. The average molecular weight is 710 g/mol. The van der Waals surface area contributed by atoms with Crippen molar-refractivity contribution in [2.24, 2.45) is 5.92 Å². The molecule has 260 valence electrons. The molecule has 51 heavy (non-hydrogen) atoms. The smallest absolute Gasteiger partial charge is 0.434 e. The Morgan fingerprint density at radius 1 is 1.14 bits per heavy atom. The van der Waals surface area contributed by atoms with Crippen molar-refractivity contribution >= 4 is 57.3 Å². The van der Waals surface area contributed by atoms with Crippen molar-refractivity contribution < 1.29 is 22.9 Å². The van der Waals surface area contributed by atoms with Crippen LogP contribution in [0.1, 0.15) is 31.4 Å². The third-order valence-electron chi connectivity index (χ3n) is 10.3. The molecule has 1 unspecified atom stereocenters. The van der Waals surface area contributed by atoms with Gasteiger partial charge in [0.15, 0.2) is 5.82 Å². The Hall–Kier alpha value is -4.94. The van der Waals surface area contributed by atoms with Crippen LogP contribution < -0.4 is 4.74 Å². The summed E-state index contributed by atoms with van der Waals surface area (Å²) in [7, 11) is 1.84. The van der Waals surface area contributed by atoms with Gasteiger partial charge in [0.2, 0.25) is 5.91 Å². The summed E-state index contributed by atoms with van der Waals surface area (Å²) in [5.41, 5.74) is 0.932. The Morgan fingerprint density at radius 3 is 2.84 bits per heavy atom. The van der Waals surface area contributed by atoms with Gasteiger partial charge in [0.25, 0.3) is 0 Å². The number of amides is 1. The second-order valence-corrected chi connectivity index (χ2v) is 14.0. The number of hydrogen-bond acceptors (Lipinski definition) is 8. The standard InChI is InChI=1S/C38H36ClF2N8O2/c1-47(19-24-12-16-48(20-24)31(50)10-9-27-11-14-42-23-44-27)36-29-18-43-34(28-7-2-5-25-6-3-8-30(39)32(25)28)33(41)35(29)45-37(46-36)51-22-38-13-4-15-49(38)21-26(40)17-38/h2-3,5-11,14,18-19,23-24,26H,4,12-13,15-17,20-22H2,1H3/q+1/b10-9+,47-19?/t24?,26-,38+/m1/s1. The van der Waals surface area contributed by atoms with Crippen LogP contribution in [0, 0.1) is 11.7 Å². The molecule has 10 nitrogen and oxygen atoms in total. The second-order valence-electron chi connectivity index (χ2n) is 13.6. The van der Waals surface area contributed by atoms with E-state index >= 15 is 4.39 Å². The minimum Gasteiger partial charge on any atom is -0.443 e. The van der Waals surface area contributed by atoms with E-state index in [1.165, 1.54) is 12.4 Å². The predicted octanol–water partition coefficient (Wildman–Crippen LogP) is 6.29. The molecule has 0 radical (unpaired) electrons. The third kappa shape index (κ3) is 6.42. The Balaban J connectivity index is 1.14. The third-order valence-corrected chi connectivity index (χ3v) is 10.6. The zero-order chi connectivity index (χ0) is 35.1. The number of rotatable bonds is 8. The Labute approximate surface area is 298 Å². The lowest BCUT2D eigenvalue weighted by Crippen LogP contribution is -2.43. The van der Waals surface area contributed by atoms with Crippen LogP contribution in [0.4, 0.5) is 14.6 Å². The molecule has 13 heteroatoms. The Kier molecular flexibility index (Phi) is 8.89. The molecule has 0 saturated carbocycles. The lowest BCUT2D eigenvalue weighted by atomic mass is 9.95. The van der Waals surface area contributed by atoms with Gasteiger partial charge in [-0.2, -0.15) is 4.98 Å². The highest BCUT2D eigenvalue weighted by Crippen LogP contribution is 2.41. The first-order valence-corrected chi connectivity index (χ1v) is 17.5. The van der Waals surface area contributed by atoms with E-state index in [1.54, 1.807) is 41.6 Å². The van der Waals surface area contributed by atoms with Crippen molar-refractivity contribution in [3.63, 3.8) is 0 Å². The molecule has 3 saturated heterocycles. The van der Waals surface area contributed by atoms with Crippen molar-refractivity contribution in [1.29, 1.82) is 0 Å². The van der Waals surface area contributed by atoms with Gasteiger partial charge in [0, 0.05) is 71.4 Å². The van der Waals surface area contributed by atoms with E-state index in [9.17, 15) is 9.18 Å². The highest BCUT2D eigenvalue weighted by atomic mass is 35.5. The number of hydrogen-bond donors (Lipinski definition) is 0. The quantitative estimate of drug-likeness (QED) is 0.105. The first-order valence-electron chi connectivity index (χ1n) is 17.1. The Morgan fingerprint density at radius 2 is 2.00 bits per heavy atom. The molecule has 3 aromatic heterocycles. The summed E-state index contributed by atoms with van der Waals surface area (Å²) in [6.07, 6.45) is 11.8. The first-order chi connectivity index (χ1) is 24.8. The molecule has 3 atom stereocenters. The number of ether oxygens (including phenoxy) is 1. The summed E-state index contributed by atoms with van der Waals surface area (Å²) >= 11 is 6.62. The van der Waals surface area contributed by atoms with Crippen LogP contribution in [0.2, 0.25) is 5.02 Å². The van der Waals surface area contributed by atoms with Crippen LogP contribution >= 0.6 is 11.6 Å². The number of halogens is 3. The highest BCUT2D eigenvalue weighted by molar-refractivity contribution is 6.36. The van der Waals surface area contributed by atoms with Crippen LogP contribution in [0.3, 0.4) is 0 Å². The minimum absolute atomic E-state index is 0.00590. The molecule has 2 aromatic carbocycles. The largest absolute Gasteiger partial charge is 0.443 e. The van der Waals surface area contributed by atoms with Crippen molar-refractivity contribution in [2.45, 2.75) is 37.4 Å². The number of likely N-dealkylation sites (tertiary alicyclic amines) is 1. The summed E-state index contributed by atoms with van der Waals surface area (Å²) in [5, 5.41) is 2.44. The van der Waals surface area contributed by atoms with Crippen molar-refractivity contribution in [1.82, 2.24) is 34.7 Å². The number of nitrogens with zero attached hydrogens (tertiary/aromatic N) is 8. The van der Waals surface area contributed by atoms with Gasteiger partial charge in [-0.15, -0.1) is 0 Å². The molecule has 3 aliphatic rings. The zero-order valence-corrected chi connectivity index (χ0v) is 28.8. The minimum atomic E-state index is -0.915. The van der Waals surface area contributed by atoms with E-state index in [0.717, 1.165) is 31.2 Å². The number of carbonyl (C=O) groups is 1. The van der Waals surface area contributed by atoms with Crippen LogP contribution in [0.25, 0.3) is 39.0 Å². The predicted molar refractivity (Wildman–Crippen MR) is 191 cm³/mol. The lowest BCUT2D eigenvalue weighted by Gasteiger charge is -2.30. The maximum Gasteiger partial charge on any atom is 0.434 e. The molecule has 3 aliphatic heterocycles. The Bertz CT molecular complexity index is 2200. The van der Waals surface area contributed by atoms with Crippen LogP contribution in [-0.2, 0) is 4.79 Å². The van der Waals surface area contributed by atoms with E-state index in [-0.39, 0.29) is 35.7 Å². The number of aromatic nitrogens is 5. The SMILES string of the molecule is C[N+](=CC1CCN(C(=O)/C=C/c2ccncn2)C1)c1nc(OC[C@@]23CCCN2C[C@H](F)C3)nc2c(F)c(-c3cccc4cccc(Cl)c34)ncc12. The molecule has 0 spiro atoms. The van der Waals surface area contributed by atoms with Crippen LogP contribution in [0.5, 0.6) is 6.01 Å². The fourth-order valence-corrected chi connectivity index (χ4v) is 8.12. The summed E-state index contributed by atoms with van der Waals surface area (Å²) < 4.78 is 39.4. The summed E-state index contributed by atoms with van der Waals surface area (Å²) in [6.45, 7) is 2.50. The van der Waals surface area contributed by atoms with Gasteiger partial charge in [0.05, 0.1) is 24.5 Å². The molecule has 8 rings (SSSR count). The second kappa shape index (κ2) is 13.6. The fraction of sp³-hybridized carbons (Fsp3) is 0.342. The topological polar surface area (TPSA) is 100 Å². The normalized spacial score (nSPS) is 22.4. The molecule has 0 N–H and O–H groups in total. The molecular weight excluding hydrogens is 674 g/mol. The van der Waals surface area contributed by atoms with E-state index < -0.39 is 17.5 Å². The summed E-state index contributed by atoms with van der Waals surface area (Å²) in [4.78, 5) is 38.9. The van der Waals surface area contributed by atoms with Gasteiger partial charge < -0.3 is 9.64 Å². The lowest BCUT2D eigenvalue weighted by molar-refractivity contribution is -0.405. The number of carbonyl (C=O) groups excluding carboxylic acids is 1. The molecular formula is C38H36ClF2N8O2+. The van der Waals surface area contributed by atoms with E-state index in [4.69, 9.17) is 21.3 Å². The van der Waals surface area contributed by atoms with Gasteiger partial charge in [-0.3, -0.25) is 14.7 Å². The monoisotopic (exact) mass is 709 g/mol. The molecule has 1 amide bonds. The fourth-order valence-electron chi connectivity index (χ4n) is 7.84. The number of fused-ring (bicyclic) bond motifs is 3. The summed E-state index contributed by atoms with van der Waals surface area (Å²) in [6, 6.07) is 12.8. The number of alkyl halides is 1. The number of benzene rings is 2. The van der Waals surface area contributed by atoms with Crippen molar-refractivity contribution in [3.8, 4) is 17.3 Å². The molecule has 0 aliphatic carbocycles. The van der Waals surface area contributed by atoms with E-state index in [0.29, 0.717) is 58.9 Å². The van der Waals surface area contributed by atoms with Gasteiger partial charge in [-0.05, 0) is 49.4 Å².